The van der Waals surface area contributed by atoms with Crippen molar-refractivity contribution in [1.29, 1.82) is 0 Å². The Kier molecular flexibility index (Phi) is 5.69. The van der Waals surface area contributed by atoms with Crippen molar-refractivity contribution in [3.63, 3.8) is 0 Å². The van der Waals surface area contributed by atoms with Crippen LogP contribution < -0.4 is 9.80 Å². The number of hydrogen-bond donors (Lipinski definition) is 0. The lowest BCUT2D eigenvalue weighted by Crippen LogP contribution is -2.44. The van der Waals surface area contributed by atoms with E-state index in [1.807, 2.05) is 12.1 Å². The summed E-state index contributed by atoms with van der Waals surface area (Å²) in [6.07, 6.45) is 4.90. The van der Waals surface area contributed by atoms with Gasteiger partial charge in [0.15, 0.2) is 5.82 Å². The number of hydrogen-bond acceptors (Lipinski definition) is 6. The second-order valence-electron chi connectivity index (χ2n) is 7.68. The Morgan fingerprint density at radius 3 is 2.35 bits per heavy atom. The van der Waals surface area contributed by atoms with Gasteiger partial charge in [-0.3, -0.25) is 0 Å². The van der Waals surface area contributed by atoms with Crippen molar-refractivity contribution < 1.29 is 0 Å². The van der Waals surface area contributed by atoms with Crippen LogP contribution in [0.25, 0.3) is 0 Å². The van der Waals surface area contributed by atoms with Crippen LogP contribution in [0.3, 0.4) is 0 Å². The quantitative estimate of drug-likeness (QED) is 0.822. The molecule has 0 amide bonds. The van der Waals surface area contributed by atoms with E-state index in [2.05, 4.69) is 54.7 Å². The molecule has 0 aliphatic carbocycles. The molecule has 2 aromatic rings. The van der Waals surface area contributed by atoms with Crippen molar-refractivity contribution >= 4 is 11.8 Å². The van der Waals surface area contributed by atoms with Crippen LogP contribution in [0.1, 0.15) is 43.6 Å². The molecule has 1 aliphatic rings. The van der Waals surface area contributed by atoms with E-state index in [4.69, 9.17) is 9.97 Å². The van der Waals surface area contributed by atoms with Gasteiger partial charge in [0.25, 0.3) is 0 Å². The Bertz CT molecular complexity index is 699. The van der Waals surface area contributed by atoms with Gasteiger partial charge in [-0.1, -0.05) is 13.8 Å². The highest BCUT2D eigenvalue weighted by Gasteiger charge is 2.25. The van der Waals surface area contributed by atoms with Crippen LogP contribution in [0.15, 0.2) is 18.3 Å². The minimum absolute atomic E-state index is 0.477. The lowest BCUT2D eigenvalue weighted by molar-refractivity contribution is 0.474. The number of rotatable bonds is 5. The Morgan fingerprint density at radius 1 is 1.15 bits per heavy atom. The zero-order valence-electron chi connectivity index (χ0n) is 16.6. The van der Waals surface area contributed by atoms with Crippen LogP contribution >= 0.6 is 0 Å². The highest BCUT2D eigenvalue weighted by atomic mass is 15.3. The Labute approximate surface area is 156 Å². The summed E-state index contributed by atoms with van der Waals surface area (Å²) in [4.78, 5) is 14.2. The normalized spacial score (nSPS) is 15.5. The molecule has 1 fully saturated rings. The molecule has 3 rings (SSSR count). The first-order chi connectivity index (χ1) is 12.5. The molecule has 0 bridgehead atoms. The molecule has 0 radical (unpaired) electrons. The molecule has 1 saturated heterocycles. The van der Waals surface area contributed by atoms with E-state index < -0.39 is 0 Å². The molecule has 6 heteroatoms. The summed E-state index contributed by atoms with van der Waals surface area (Å²) in [7, 11) is 2.11. The first-order valence-corrected chi connectivity index (χ1v) is 9.55. The van der Waals surface area contributed by atoms with E-state index >= 15 is 0 Å². The predicted octanol–water partition coefficient (Wildman–Crippen LogP) is 3.19. The van der Waals surface area contributed by atoms with Gasteiger partial charge in [0.05, 0.1) is 0 Å². The number of aromatic nitrogens is 4. The maximum absolute atomic E-state index is 4.82. The number of aryl methyl sites for hydroxylation is 2. The van der Waals surface area contributed by atoms with Gasteiger partial charge in [-0.05, 0) is 56.7 Å². The number of nitrogens with zero attached hydrogens (tertiary/aromatic N) is 6. The van der Waals surface area contributed by atoms with E-state index in [0.717, 1.165) is 55.5 Å². The van der Waals surface area contributed by atoms with Crippen LogP contribution in [0.4, 0.5) is 11.8 Å². The fourth-order valence-electron chi connectivity index (χ4n) is 3.69. The molecule has 1 aliphatic heterocycles. The second-order valence-corrected chi connectivity index (χ2v) is 7.68. The molecule has 0 aromatic carbocycles. The zero-order chi connectivity index (χ0) is 18.7. The van der Waals surface area contributed by atoms with Gasteiger partial charge in [-0.25, -0.2) is 9.97 Å². The minimum atomic E-state index is 0.477. The topological polar surface area (TPSA) is 58.0 Å². The summed E-state index contributed by atoms with van der Waals surface area (Å²) in [5.41, 5.74) is 3.56. The van der Waals surface area contributed by atoms with E-state index in [1.54, 1.807) is 6.20 Å². The van der Waals surface area contributed by atoms with E-state index in [1.165, 1.54) is 5.56 Å². The Hall–Kier alpha value is -2.24. The molecule has 6 nitrogen and oxygen atoms in total. The minimum Gasteiger partial charge on any atom is -0.355 e. The van der Waals surface area contributed by atoms with Crippen LogP contribution in [-0.2, 0) is 6.42 Å². The van der Waals surface area contributed by atoms with Crippen LogP contribution in [-0.4, -0.2) is 46.3 Å². The van der Waals surface area contributed by atoms with Gasteiger partial charge >= 0.3 is 0 Å². The molecule has 2 aromatic heterocycles. The highest BCUT2D eigenvalue weighted by Crippen LogP contribution is 2.24. The van der Waals surface area contributed by atoms with Crippen LogP contribution in [0.2, 0.25) is 0 Å². The smallest absolute Gasteiger partial charge is 0.225 e. The molecule has 26 heavy (non-hydrogen) atoms. The lowest BCUT2D eigenvalue weighted by Gasteiger charge is -2.37. The van der Waals surface area contributed by atoms with Gasteiger partial charge in [-0.2, -0.15) is 5.10 Å². The molecular weight excluding hydrogens is 324 g/mol. The third-order valence-corrected chi connectivity index (χ3v) is 5.24. The Balaban J connectivity index is 1.66. The van der Waals surface area contributed by atoms with Crippen molar-refractivity contribution in [2.45, 2.75) is 53.0 Å². The fraction of sp³-hybridized carbons (Fsp3) is 0.600. The first kappa shape index (κ1) is 18.5. The van der Waals surface area contributed by atoms with Crippen molar-refractivity contribution in [3.05, 3.63) is 35.3 Å². The van der Waals surface area contributed by atoms with Crippen LogP contribution in [0.5, 0.6) is 0 Å². The van der Waals surface area contributed by atoms with Crippen molar-refractivity contribution in [3.8, 4) is 0 Å². The maximum Gasteiger partial charge on any atom is 0.225 e. The SMILES string of the molecule is Cc1nc(N2CCC(N(C)c3cccnn3)CC2)nc(C)c1CC(C)C. The molecule has 0 saturated carbocycles. The summed E-state index contributed by atoms with van der Waals surface area (Å²) in [6, 6.07) is 4.43. The zero-order valence-corrected chi connectivity index (χ0v) is 16.6. The number of piperidine rings is 1. The van der Waals surface area contributed by atoms with Gasteiger partial charge in [0.1, 0.15) is 0 Å². The van der Waals surface area contributed by atoms with E-state index in [-0.39, 0.29) is 0 Å². The standard InChI is InChI=1S/C20H30N6/c1-14(2)13-18-15(3)22-20(23-16(18)4)26-11-8-17(9-12-26)25(5)19-7-6-10-21-24-19/h6-7,10,14,17H,8-9,11-13H2,1-5H3. The molecule has 140 valence electrons. The first-order valence-electron chi connectivity index (χ1n) is 9.55. The molecule has 3 heterocycles. The van der Waals surface area contributed by atoms with Crippen molar-refractivity contribution in [2.75, 3.05) is 29.9 Å². The van der Waals surface area contributed by atoms with Crippen LogP contribution in [0, 0.1) is 19.8 Å². The average molecular weight is 355 g/mol. The highest BCUT2D eigenvalue weighted by molar-refractivity contribution is 5.40. The monoisotopic (exact) mass is 354 g/mol. The molecular formula is C20H30N6. The van der Waals surface area contributed by atoms with E-state index in [9.17, 15) is 0 Å². The molecule has 0 N–H and O–H groups in total. The second kappa shape index (κ2) is 7.98. The van der Waals surface area contributed by atoms with Gasteiger partial charge in [0.2, 0.25) is 5.95 Å². The average Bonchev–Trinajstić information content (AvgIpc) is 2.64. The molecule has 0 unspecified atom stereocenters. The Morgan fingerprint density at radius 2 is 1.81 bits per heavy atom. The maximum atomic E-state index is 4.82. The van der Waals surface area contributed by atoms with Gasteiger partial charge < -0.3 is 9.80 Å². The third-order valence-electron chi connectivity index (χ3n) is 5.24. The third kappa shape index (κ3) is 4.11. The molecule has 0 spiro atoms. The van der Waals surface area contributed by atoms with Crippen molar-refractivity contribution in [1.82, 2.24) is 20.2 Å². The summed E-state index contributed by atoms with van der Waals surface area (Å²) in [5, 5.41) is 8.21. The summed E-state index contributed by atoms with van der Waals surface area (Å²) in [5.74, 6) is 2.44. The van der Waals surface area contributed by atoms with Gasteiger partial charge in [-0.15, -0.1) is 5.10 Å². The van der Waals surface area contributed by atoms with Crippen molar-refractivity contribution in [2.24, 2.45) is 5.92 Å². The summed E-state index contributed by atoms with van der Waals surface area (Å²) >= 11 is 0. The largest absolute Gasteiger partial charge is 0.355 e. The molecule has 0 atom stereocenters. The summed E-state index contributed by atoms with van der Waals surface area (Å²) in [6.45, 7) is 10.7. The summed E-state index contributed by atoms with van der Waals surface area (Å²) < 4.78 is 0. The predicted molar refractivity (Wildman–Crippen MR) is 106 cm³/mol. The van der Waals surface area contributed by atoms with Gasteiger partial charge in [0, 0.05) is 43.8 Å². The fourth-order valence-corrected chi connectivity index (χ4v) is 3.69. The number of anilines is 2. The lowest BCUT2D eigenvalue weighted by atomic mass is 10.0. The van der Waals surface area contributed by atoms with E-state index in [0.29, 0.717) is 12.0 Å².